The van der Waals surface area contributed by atoms with Crippen molar-refractivity contribution in [2.75, 3.05) is 0 Å². The van der Waals surface area contributed by atoms with Crippen molar-refractivity contribution < 1.29 is 20.8 Å². The van der Waals surface area contributed by atoms with E-state index in [9.17, 15) is 20.8 Å². The van der Waals surface area contributed by atoms with E-state index in [0.29, 0.717) is 6.42 Å². The van der Waals surface area contributed by atoms with Gasteiger partial charge in [0.05, 0.1) is 3.57 Å². The molecule has 0 aliphatic rings. The smallest absolute Gasteiger partial charge is 0.294 e. The van der Waals surface area contributed by atoms with Gasteiger partial charge in [0.2, 0.25) is 0 Å². The van der Waals surface area contributed by atoms with Crippen LogP contribution in [0, 0.1) is 3.57 Å². The Hall–Kier alpha value is -0.670. The molecule has 0 aliphatic heterocycles. The molecule has 0 radical (unpaired) electrons. The molecule has 31 heavy (non-hydrogen) atoms. The molecule has 1 rings (SSSR count). The summed E-state index contributed by atoms with van der Waals surface area (Å²) < 4.78 is 43.6. The maximum Gasteiger partial charge on any atom is 0.295 e. The molecule has 0 saturated carbocycles. The van der Waals surface area contributed by atoms with E-state index in [1.807, 2.05) is 0 Å². The molecule has 0 spiro atoms. The summed E-state index contributed by atoms with van der Waals surface area (Å²) in [5.74, 6) is -0.203. The van der Waals surface area contributed by atoms with Crippen molar-refractivity contribution in [1.29, 1.82) is 0 Å². The van der Waals surface area contributed by atoms with Gasteiger partial charge in [0, 0.05) is 12.0 Å². The molecule has 0 saturated heterocycles. The van der Waals surface area contributed by atoms with Gasteiger partial charge >= 0.3 is 0 Å². The minimum Gasteiger partial charge on any atom is -0.294 e. The third-order valence-corrected chi connectivity index (χ3v) is 8.49. The van der Waals surface area contributed by atoms with Gasteiger partial charge in [0.25, 0.3) is 10.1 Å². The van der Waals surface area contributed by atoms with Crippen LogP contribution >= 0.6 is 21.2 Å². The Morgan fingerprint density at radius 1 is 0.806 bits per heavy atom. The summed E-state index contributed by atoms with van der Waals surface area (Å²) in [4.78, 5) is 12.0. The summed E-state index contributed by atoms with van der Waals surface area (Å²) in [5, 5.41) is 0. The molecule has 0 bridgehead atoms. The number of halogens is 1. The first-order valence-corrected chi connectivity index (χ1v) is 15.2. The summed E-state index contributed by atoms with van der Waals surface area (Å²) in [5.41, 5.74) is 0.170. The number of hydrogen-bond acceptors (Lipinski definition) is 4. The number of rotatable bonds is 19. The third kappa shape index (κ3) is 12.2. The molecule has 178 valence electrons. The highest BCUT2D eigenvalue weighted by Crippen LogP contribution is 2.26. The van der Waals surface area contributed by atoms with Crippen LogP contribution in [0.3, 0.4) is 0 Å². The van der Waals surface area contributed by atoms with Crippen molar-refractivity contribution in [2.24, 2.45) is 0 Å². The largest absolute Gasteiger partial charge is 0.295 e. The summed E-state index contributed by atoms with van der Waals surface area (Å²) >= 11 is -1.88. The van der Waals surface area contributed by atoms with Crippen LogP contribution in [0.4, 0.5) is 0 Å². The molecule has 0 fully saturated rings. The van der Waals surface area contributed by atoms with Crippen LogP contribution in [0.5, 0.6) is 0 Å². The van der Waals surface area contributed by atoms with Crippen molar-refractivity contribution in [3.63, 3.8) is 0 Å². The zero-order chi connectivity index (χ0) is 23.0. The van der Waals surface area contributed by atoms with Crippen molar-refractivity contribution in [1.82, 2.24) is 0 Å². The molecule has 0 aliphatic carbocycles. The molecule has 0 heterocycles. The molecule has 5 nitrogen and oxygen atoms in total. The van der Waals surface area contributed by atoms with Crippen LogP contribution in [0.15, 0.2) is 23.1 Å². The van der Waals surface area contributed by atoms with E-state index in [4.69, 9.17) is 0 Å². The van der Waals surface area contributed by atoms with E-state index in [0.717, 1.165) is 19.3 Å². The molecule has 1 N–H and O–H groups in total. The highest BCUT2D eigenvalue weighted by Gasteiger charge is 2.21. The Kier molecular flexibility index (Phi) is 15.5. The Balaban J connectivity index is 2.12. The number of hydrogen-bond donors (Lipinski definition) is 1. The SMILES string of the molecule is CCCCCCCCCCCCCCCCCC(=O)c1cccc(S(=O)(=O)O)c1I=O. The van der Waals surface area contributed by atoms with Crippen molar-refractivity contribution in [3.8, 4) is 0 Å². The normalized spacial score (nSPS) is 11.7. The summed E-state index contributed by atoms with van der Waals surface area (Å²) in [6, 6.07) is 4.09. The number of ketones is 1. The number of carbonyl (C=O) groups is 1. The lowest BCUT2D eigenvalue weighted by atomic mass is 10.0. The van der Waals surface area contributed by atoms with Crippen LogP contribution in [-0.2, 0) is 13.2 Å². The fourth-order valence-electron chi connectivity index (χ4n) is 3.80. The molecular weight excluding hydrogens is 527 g/mol. The first kappa shape index (κ1) is 28.4. The quantitative estimate of drug-likeness (QED) is 0.0797. The molecule has 0 aromatic heterocycles. The second-order valence-electron chi connectivity index (χ2n) is 8.29. The lowest BCUT2D eigenvalue weighted by molar-refractivity contribution is 0.0978. The van der Waals surface area contributed by atoms with Crippen LogP contribution in [0.2, 0.25) is 0 Å². The number of carbonyl (C=O) groups excluding carboxylic acids is 1. The zero-order valence-electron chi connectivity index (χ0n) is 18.9. The van der Waals surface area contributed by atoms with Gasteiger partial charge < -0.3 is 0 Å². The van der Waals surface area contributed by atoms with Gasteiger partial charge in [-0.1, -0.05) is 109 Å². The Morgan fingerprint density at radius 2 is 1.26 bits per heavy atom. The van der Waals surface area contributed by atoms with Gasteiger partial charge in [-0.05, 0) is 12.5 Å². The first-order valence-electron chi connectivity index (χ1n) is 11.8. The fourth-order valence-corrected chi connectivity index (χ4v) is 6.54. The van der Waals surface area contributed by atoms with Crippen LogP contribution in [0.25, 0.3) is 0 Å². The van der Waals surface area contributed by atoms with Crippen LogP contribution in [0.1, 0.15) is 120 Å². The van der Waals surface area contributed by atoms with Gasteiger partial charge in [0.15, 0.2) is 27.0 Å². The molecule has 0 amide bonds. The van der Waals surface area contributed by atoms with Gasteiger partial charge in [-0.25, -0.2) is 0 Å². The van der Waals surface area contributed by atoms with E-state index in [2.05, 4.69) is 6.92 Å². The van der Waals surface area contributed by atoms with Crippen LogP contribution in [-0.4, -0.2) is 18.8 Å². The highest BCUT2D eigenvalue weighted by molar-refractivity contribution is 14.1. The van der Waals surface area contributed by atoms with E-state index >= 15 is 0 Å². The average molecular weight is 567 g/mol. The molecule has 1 aromatic carbocycles. The van der Waals surface area contributed by atoms with Gasteiger partial charge in [-0.15, -0.1) is 0 Å². The van der Waals surface area contributed by atoms with E-state index in [1.54, 1.807) is 0 Å². The number of Topliss-reactive ketones (excluding diaryl/α,β-unsaturated/α-hetero) is 1. The number of unbranched alkanes of at least 4 members (excludes halogenated alkanes) is 14. The molecule has 0 unspecified atom stereocenters. The maximum absolute atomic E-state index is 12.4. The second-order valence-corrected chi connectivity index (χ2v) is 11.2. The predicted octanol–water partition coefficient (Wildman–Crippen LogP) is 7.86. The van der Waals surface area contributed by atoms with E-state index < -0.39 is 36.2 Å². The Morgan fingerprint density at radius 3 is 1.68 bits per heavy atom. The molecule has 1 aromatic rings. The summed E-state index contributed by atoms with van der Waals surface area (Å²) in [6.45, 7) is 2.25. The molecular formula is C24H39IO5S. The van der Waals surface area contributed by atoms with E-state index in [-0.39, 0.29) is 14.9 Å². The minimum absolute atomic E-state index is 0.0187. The lowest BCUT2D eigenvalue weighted by Gasteiger charge is -2.07. The highest BCUT2D eigenvalue weighted by atomic mass is 127. The second kappa shape index (κ2) is 16.9. The zero-order valence-corrected chi connectivity index (χ0v) is 21.9. The minimum atomic E-state index is -4.48. The fraction of sp³-hybridized carbons (Fsp3) is 0.708. The van der Waals surface area contributed by atoms with Gasteiger partial charge in [-0.3, -0.25) is 12.4 Å². The predicted molar refractivity (Wildman–Crippen MR) is 134 cm³/mol. The maximum atomic E-state index is 12.4. The topological polar surface area (TPSA) is 88.5 Å². The van der Waals surface area contributed by atoms with Gasteiger partial charge in [0.1, 0.15) is 4.90 Å². The van der Waals surface area contributed by atoms with Crippen molar-refractivity contribution in [2.45, 2.75) is 115 Å². The Labute approximate surface area is 199 Å². The van der Waals surface area contributed by atoms with E-state index in [1.165, 1.54) is 95.2 Å². The number of benzene rings is 1. The molecule has 0 atom stereocenters. The van der Waals surface area contributed by atoms with Gasteiger partial charge in [-0.2, -0.15) is 8.42 Å². The van der Waals surface area contributed by atoms with Crippen molar-refractivity contribution >= 4 is 37.1 Å². The molecule has 7 heteroatoms. The summed E-state index contributed by atoms with van der Waals surface area (Å²) in [7, 11) is -4.48. The average Bonchev–Trinajstić information content (AvgIpc) is 2.75. The lowest BCUT2D eigenvalue weighted by Crippen LogP contribution is -2.08. The Bertz CT molecular complexity index is 761. The third-order valence-electron chi connectivity index (χ3n) is 5.63. The summed E-state index contributed by atoms with van der Waals surface area (Å²) in [6.07, 6.45) is 19.1. The monoisotopic (exact) mass is 566 g/mol. The van der Waals surface area contributed by atoms with Crippen molar-refractivity contribution in [3.05, 3.63) is 27.3 Å². The van der Waals surface area contributed by atoms with Crippen LogP contribution < -0.4 is 0 Å². The first-order chi connectivity index (χ1) is 14.9. The standard InChI is InChI=1S/C24H39IO5S/c1-2-3-4-5-6-7-8-9-10-11-12-13-14-15-16-19-22(26)21-18-17-20-23(24(21)25-27)31(28,29)30/h17-18,20H,2-16,19H2,1H3,(H,28,29,30).